The van der Waals surface area contributed by atoms with Gasteiger partial charge in [0.2, 0.25) is 0 Å². The molecule has 198 valence electrons. The molecule has 3 aromatic rings. The number of quaternary nitrogens is 1. The lowest BCUT2D eigenvalue weighted by atomic mass is 9.95. The maximum absolute atomic E-state index is 16.4. The highest BCUT2D eigenvalue weighted by molar-refractivity contribution is 7.16. The first-order valence-electron chi connectivity index (χ1n) is 12.8. The van der Waals surface area contributed by atoms with Gasteiger partial charge in [-0.2, -0.15) is 5.10 Å². The number of likely N-dealkylation sites (tertiary alicyclic amines) is 1. The molecule has 1 saturated heterocycles. The van der Waals surface area contributed by atoms with Gasteiger partial charge in [-0.1, -0.05) is 4.71 Å². The molecule has 0 radical (unpaired) electrons. The van der Waals surface area contributed by atoms with Crippen LogP contribution in [-0.2, 0) is 0 Å². The predicted molar refractivity (Wildman–Crippen MR) is 138 cm³/mol. The third-order valence-electron chi connectivity index (χ3n) is 7.63. The molecule has 3 unspecified atom stereocenters. The van der Waals surface area contributed by atoms with E-state index < -0.39 is 22.7 Å². The van der Waals surface area contributed by atoms with Crippen molar-refractivity contribution in [3.8, 4) is 11.4 Å². The molecule has 12 heteroatoms. The van der Waals surface area contributed by atoms with Crippen molar-refractivity contribution in [3.05, 3.63) is 29.5 Å². The number of anilines is 1. The number of aromatic nitrogens is 4. The first-order valence-corrected chi connectivity index (χ1v) is 13.7. The number of carbonyl (C=O) groups excluding carboxylic acids is 1. The number of piperidine rings is 1. The number of carbonyl (C=O) groups is 2. The Morgan fingerprint density at radius 2 is 2.03 bits per heavy atom. The average molecular weight is 531 g/mol. The van der Waals surface area contributed by atoms with Crippen LogP contribution in [0, 0.1) is 5.92 Å². The first kappa shape index (κ1) is 25.5. The summed E-state index contributed by atoms with van der Waals surface area (Å²) in [5.41, 5.74) is 0.677. The molecule has 0 bridgehead atoms. The number of hydrogen-bond acceptors (Lipinski definition) is 7. The highest BCUT2D eigenvalue weighted by Crippen LogP contribution is 2.36. The second kappa shape index (κ2) is 9.64. The van der Waals surface area contributed by atoms with Crippen molar-refractivity contribution in [2.45, 2.75) is 77.5 Å². The van der Waals surface area contributed by atoms with E-state index in [1.165, 1.54) is 22.3 Å². The lowest BCUT2D eigenvalue weighted by Crippen LogP contribution is -2.60. The van der Waals surface area contributed by atoms with Crippen molar-refractivity contribution >= 4 is 34.0 Å². The normalized spacial score (nSPS) is 24.8. The second-order valence-corrected chi connectivity index (χ2v) is 11.4. The second-order valence-electron chi connectivity index (χ2n) is 10.6. The Labute approximate surface area is 218 Å². The van der Waals surface area contributed by atoms with Crippen LogP contribution in [-0.4, -0.2) is 77.0 Å². The number of nitrogens with one attached hydrogen (secondary N) is 1. The van der Waals surface area contributed by atoms with Crippen molar-refractivity contribution in [2.24, 2.45) is 5.92 Å². The topological polar surface area (TPSA) is 113 Å². The smallest absolute Gasteiger partial charge is 0.407 e. The molecule has 2 aliphatic rings. The average Bonchev–Trinajstić information content (AvgIpc) is 3.46. The Bertz CT molecular complexity index is 1320. The molecule has 1 saturated carbocycles. The Kier molecular flexibility index (Phi) is 6.65. The molecule has 2 fully saturated rings. The fourth-order valence-corrected chi connectivity index (χ4v) is 6.15. The number of nitrogens with zero attached hydrogens (tertiary/aromatic N) is 6. The Morgan fingerprint density at radius 1 is 1.27 bits per heavy atom. The van der Waals surface area contributed by atoms with Gasteiger partial charge in [0.05, 0.1) is 11.8 Å². The minimum atomic E-state index is -1.32. The summed E-state index contributed by atoms with van der Waals surface area (Å²) < 4.78 is 16.8. The fraction of sp³-hybridized carbons (Fsp3) is 0.560. The minimum Gasteiger partial charge on any atom is -0.465 e. The Hall–Kier alpha value is -3.12. The molecule has 0 aromatic carbocycles. The number of halogens is 1. The number of thiazole rings is 1. The summed E-state index contributed by atoms with van der Waals surface area (Å²) in [6, 6.07) is 0.393. The van der Waals surface area contributed by atoms with E-state index in [9.17, 15) is 14.7 Å². The summed E-state index contributed by atoms with van der Waals surface area (Å²) in [6.07, 6.45) is 5.24. The zero-order valence-corrected chi connectivity index (χ0v) is 22.3. The van der Waals surface area contributed by atoms with E-state index in [0.29, 0.717) is 23.1 Å². The maximum atomic E-state index is 16.4. The summed E-state index contributed by atoms with van der Waals surface area (Å²) in [4.78, 5) is 36.9. The molecule has 4 heterocycles. The zero-order chi connectivity index (χ0) is 26.5. The van der Waals surface area contributed by atoms with Crippen LogP contribution in [0.5, 0.6) is 0 Å². The fourth-order valence-electron chi connectivity index (χ4n) is 5.36. The van der Waals surface area contributed by atoms with E-state index in [4.69, 9.17) is 0 Å². The highest BCUT2D eigenvalue weighted by atomic mass is 32.1. The molecular formula is C25H33FN7O3S+. The van der Waals surface area contributed by atoms with Crippen molar-refractivity contribution < 1.29 is 23.9 Å². The number of carboxylic acid groups (broad SMARTS) is 1. The molecule has 2 amide bonds. The van der Waals surface area contributed by atoms with Gasteiger partial charge < -0.3 is 15.3 Å². The third-order valence-corrected chi connectivity index (χ3v) is 8.52. The molecule has 10 nitrogen and oxygen atoms in total. The molecule has 5 rings (SSSR count). The largest absolute Gasteiger partial charge is 0.465 e. The van der Waals surface area contributed by atoms with Gasteiger partial charge >= 0.3 is 12.0 Å². The van der Waals surface area contributed by atoms with Gasteiger partial charge in [0.15, 0.2) is 11.5 Å². The van der Waals surface area contributed by atoms with Gasteiger partial charge in [0.25, 0.3) is 0 Å². The van der Waals surface area contributed by atoms with E-state index in [1.54, 1.807) is 31.5 Å². The lowest BCUT2D eigenvalue weighted by molar-refractivity contribution is -1.01. The standard InChI is InChI=1S/C25H32FN7O3S/c1-14(2)32(25(35)36)18-7-9-33(26,15(3)11-18)24(34)20-12-21(28-16(4)17-5-6-17)30-22(29-20)19-13-27-31-8-10-37-23(19)31/h8,10,12-18H,5-7,9,11H2,1-4H3,(H-,28,29,30,35,36)/p+1/t15?,16-,18?,33?/m0/s1. The third kappa shape index (κ3) is 4.79. The van der Waals surface area contributed by atoms with Gasteiger partial charge in [-0.3, -0.25) is 0 Å². The highest BCUT2D eigenvalue weighted by Gasteiger charge is 2.51. The van der Waals surface area contributed by atoms with Gasteiger partial charge in [0.1, 0.15) is 23.2 Å². The van der Waals surface area contributed by atoms with Crippen LogP contribution in [0.1, 0.15) is 63.9 Å². The quantitative estimate of drug-likeness (QED) is 0.420. The SMILES string of the molecule is CC(C)N(C(=O)O)C1CC[N+](F)(C(=O)c2cc(N[C@@H](C)C3CC3)nc(-c3cnn4ccsc34)n2)C(C)C1. The number of rotatable bonds is 7. The van der Waals surface area contributed by atoms with Crippen LogP contribution >= 0.6 is 11.3 Å². The van der Waals surface area contributed by atoms with Crippen LogP contribution in [0.2, 0.25) is 0 Å². The zero-order valence-electron chi connectivity index (χ0n) is 21.5. The van der Waals surface area contributed by atoms with E-state index >= 15 is 4.48 Å². The number of hydrogen-bond donors (Lipinski definition) is 2. The van der Waals surface area contributed by atoms with Crippen LogP contribution in [0.4, 0.5) is 15.1 Å². The lowest BCUT2D eigenvalue weighted by Gasteiger charge is -2.41. The van der Waals surface area contributed by atoms with Gasteiger partial charge in [-0.25, -0.2) is 24.1 Å². The molecule has 1 aliphatic heterocycles. The summed E-state index contributed by atoms with van der Waals surface area (Å²) in [6.45, 7) is 7.23. The molecule has 4 atom stereocenters. The monoisotopic (exact) mass is 530 g/mol. The Balaban J connectivity index is 1.47. The molecule has 3 aromatic heterocycles. The number of amides is 2. The summed E-state index contributed by atoms with van der Waals surface area (Å²) in [5.74, 6) is 0.613. The molecular weight excluding hydrogens is 497 g/mol. The number of fused-ring (bicyclic) bond motifs is 1. The van der Waals surface area contributed by atoms with E-state index in [1.807, 2.05) is 11.6 Å². The van der Waals surface area contributed by atoms with Crippen molar-refractivity contribution in [1.29, 1.82) is 0 Å². The van der Waals surface area contributed by atoms with Gasteiger partial charge in [-0.05, 0) is 46.5 Å². The van der Waals surface area contributed by atoms with E-state index in [2.05, 4.69) is 27.3 Å². The molecule has 2 N–H and O–H groups in total. The van der Waals surface area contributed by atoms with Crippen molar-refractivity contribution in [3.63, 3.8) is 0 Å². The van der Waals surface area contributed by atoms with Gasteiger partial charge in [0, 0.05) is 53.1 Å². The Morgan fingerprint density at radius 3 is 2.68 bits per heavy atom. The summed E-state index contributed by atoms with van der Waals surface area (Å²) >= 11 is 1.48. The summed E-state index contributed by atoms with van der Waals surface area (Å²) in [7, 11) is 0. The molecule has 37 heavy (non-hydrogen) atoms. The molecule has 1 aliphatic carbocycles. The van der Waals surface area contributed by atoms with E-state index in [-0.39, 0.29) is 43.2 Å². The van der Waals surface area contributed by atoms with Crippen LogP contribution in [0.25, 0.3) is 16.2 Å². The van der Waals surface area contributed by atoms with Crippen molar-refractivity contribution in [1.82, 2.24) is 24.5 Å². The minimum absolute atomic E-state index is 0.00171. The van der Waals surface area contributed by atoms with Crippen molar-refractivity contribution in [2.75, 3.05) is 11.9 Å². The molecule has 0 spiro atoms. The predicted octanol–water partition coefficient (Wildman–Crippen LogP) is 4.84. The van der Waals surface area contributed by atoms with Crippen LogP contribution in [0.3, 0.4) is 0 Å². The maximum Gasteiger partial charge on any atom is 0.407 e. The first-order chi connectivity index (χ1) is 17.6. The van der Waals surface area contributed by atoms with E-state index in [0.717, 1.165) is 17.7 Å². The van der Waals surface area contributed by atoms with Crippen LogP contribution < -0.4 is 5.32 Å². The summed E-state index contributed by atoms with van der Waals surface area (Å²) in [5, 5.41) is 19.3. The van der Waals surface area contributed by atoms with Crippen LogP contribution in [0.15, 0.2) is 23.8 Å². The van der Waals surface area contributed by atoms with Gasteiger partial charge in [-0.15, -0.1) is 11.3 Å².